The van der Waals surface area contributed by atoms with E-state index in [1.807, 2.05) is 19.1 Å². The highest BCUT2D eigenvalue weighted by atomic mass is 32.1. The van der Waals surface area contributed by atoms with Gasteiger partial charge in [-0.1, -0.05) is 0 Å². The summed E-state index contributed by atoms with van der Waals surface area (Å²) >= 11 is 1.47. The molecule has 1 fully saturated rings. The highest BCUT2D eigenvalue weighted by Gasteiger charge is 2.31. The average molecular weight is 319 g/mol. The van der Waals surface area contributed by atoms with Gasteiger partial charge in [-0.25, -0.2) is 0 Å². The Bertz CT molecular complexity index is 662. The number of carbonyl (C=O) groups is 2. The predicted molar refractivity (Wildman–Crippen MR) is 82.4 cm³/mol. The van der Waals surface area contributed by atoms with Gasteiger partial charge in [0.25, 0.3) is 5.91 Å². The molecular formula is C16H17NO4S. The van der Waals surface area contributed by atoms with Crippen molar-refractivity contribution in [1.82, 2.24) is 4.90 Å². The molecule has 0 radical (unpaired) electrons. The molecule has 1 aliphatic rings. The fourth-order valence-electron chi connectivity index (χ4n) is 2.53. The van der Waals surface area contributed by atoms with Crippen molar-refractivity contribution in [2.75, 3.05) is 19.8 Å². The second kappa shape index (κ2) is 6.46. The summed E-state index contributed by atoms with van der Waals surface area (Å²) in [5.41, 5.74) is 0. The molecule has 1 amide bonds. The molecule has 1 saturated heterocycles. The first kappa shape index (κ1) is 15.0. The van der Waals surface area contributed by atoms with Crippen LogP contribution in [0, 0.1) is 6.92 Å². The number of furan rings is 1. The first-order valence-corrected chi connectivity index (χ1v) is 7.98. The van der Waals surface area contributed by atoms with Crippen molar-refractivity contribution in [1.29, 1.82) is 0 Å². The molecule has 3 heterocycles. The fourth-order valence-corrected chi connectivity index (χ4v) is 3.36. The van der Waals surface area contributed by atoms with Crippen molar-refractivity contribution < 1.29 is 18.7 Å². The average Bonchev–Trinajstić information content (AvgIpc) is 3.18. The Balaban J connectivity index is 1.73. The zero-order valence-electron chi connectivity index (χ0n) is 12.3. The van der Waals surface area contributed by atoms with E-state index in [9.17, 15) is 9.59 Å². The van der Waals surface area contributed by atoms with Gasteiger partial charge >= 0.3 is 0 Å². The van der Waals surface area contributed by atoms with E-state index in [1.165, 1.54) is 17.6 Å². The molecule has 0 spiro atoms. The van der Waals surface area contributed by atoms with Crippen molar-refractivity contribution in [2.24, 2.45) is 0 Å². The highest BCUT2D eigenvalue weighted by molar-refractivity contribution is 7.13. The van der Waals surface area contributed by atoms with Crippen LogP contribution in [0.4, 0.5) is 0 Å². The SMILES string of the molecule is Cc1ccc(C(=O)N2CCOC[C@H]2CC(=O)c2ccco2)s1. The van der Waals surface area contributed by atoms with Crippen molar-refractivity contribution in [3.8, 4) is 0 Å². The van der Waals surface area contributed by atoms with E-state index in [2.05, 4.69) is 0 Å². The summed E-state index contributed by atoms with van der Waals surface area (Å²) in [4.78, 5) is 28.4. The van der Waals surface area contributed by atoms with Crippen LogP contribution >= 0.6 is 11.3 Å². The number of Topliss-reactive ketones (excluding diaryl/α,β-unsaturated/α-hetero) is 1. The molecule has 22 heavy (non-hydrogen) atoms. The van der Waals surface area contributed by atoms with Gasteiger partial charge in [-0.2, -0.15) is 0 Å². The molecule has 116 valence electrons. The highest BCUT2D eigenvalue weighted by Crippen LogP contribution is 2.22. The maximum absolute atomic E-state index is 12.6. The monoisotopic (exact) mass is 319 g/mol. The number of thiophene rings is 1. The minimum absolute atomic E-state index is 0.0290. The van der Waals surface area contributed by atoms with Crippen LogP contribution in [-0.4, -0.2) is 42.4 Å². The third-order valence-corrected chi connectivity index (χ3v) is 4.65. The number of ether oxygens (including phenoxy) is 1. The Morgan fingerprint density at radius 1 is 1.36 bits per heavy atom. The lowest BCUT2D eigenvalue weighted by atomic mass is 10.1. The molecule has 3 rings (SSSR count). The lowest BCUT2D eigenvalue weighted by molar-refractivity contribution is -0.00277. The molecule has 1 atom stereocenters. The molecule has 6 heteroatoms. The first-order valence-electron chi connectivity index (χ1n) is 7.17. The molecule has 2 aromatic heterocycles. The summed E-state index contributed by atoms with van der Waals surface area (Å²) in [6, 6.07) is 6.84. The van der Waals surface area contributed by atoms with Crippen molar-refractivity contribution in [3.05, 3.63) is 46.0 Å². The number of rotatable bonds is 4. The van der Waals surface area contributed by atoms with Crippen LogP contribution in [0.5, 0.6) is 0 Å². The van der Waals surface area contributed by atoms with Crippen LogP contribution in [0.1, 0.15) is 31.5 Å². The Morgan fingerprint density at radius 3 is 2.91 bits per heavy atom. The van der Waals surface area contributed by atoms with E-state index in [4.69, 9.17) is 9.15 Å². The third-order valence-electron chi connectivity index (χ3n) is 3.66. The number of hydrogen-bond acceptors (Lipinski definition) is 5. The van der Waals surface area contributed by atoms with Crippen LogP contribution in [0.15, 0.2) is 34.9 Å². The topological polar surface area (TPSA) is 59.8 Å². The largest absolute Gasteiger partial charge is 0.461 e. The zero-order chi connectivity index (χ0) is 15.5. The second-order valence-electron chi connectivity index (χ2n) is 5.24. The number of ketones is 1. The molecule has 0 aliphatic carbocycles. The Labute approximate surface area is 132 Å². The van der Waals surface area contributed by atoms with E-state index < -0.39 is 0 Å². The fraction of sp³-hybridized carbons (Fsp3) is 0.375. The van der Waals surface area contributed by atoms with Gasteiger partial charge in [0.2, 0.25) is 0 Å². The summed E-state index contributed by atoms with van der Waals surface area (Å²) in [6.45, 7) is 3.36. The molecule has 0 aromatic carbocycles. The van der Waals surface area contributed by atoms with Crippen molar-refractivity contribution >= 4 is 23.0 Å². The molecule has 1 aliphatic heterocycles. The molecule has 2 aromatic rings. The van der Waals surface area contributed by atoms with Crippen LogP contribution in [0.3, 0.4) is 0 Å². The summed E-state index contributed by atoms with van der Waals surface area (Å²) in [6.07, 6.45) is 1.69. The number of nitrogens with zero attached hydrogens (tertiary/aromatic N) is 1. The van der Waals surface area contributed by atoms with Gasteiger partial charge in [-0.15, -0.1) is 11.3 Å². The van der Waals surface area contributed by atoms with Crippen LogP contribution in [-0.2, 0) is 4.74 Å². The minimum atomic E-state index is -0.249. The van der Waals surface area contributed by atoms with E-state index in [1.54, 1.807) is 17.0 Å². The summed E-state index contributed by atoms with van der Waals surface area (Å²) in [5, 5.41) is 0. The Hall–Kier alpha value is -1.92. The summed E-state index contributed by atoms with van der Waals surface area (Å²) in [7, 11) is 0. The van der Waals surface area contributed by atoms with E-state index >= 15 is 0 Å². The van der Waals surface area contributed by atoms with Gasteiger partial charge in [0.05, 0.1) is 30.4 Å². The molecule has 0 unspecified atom stereocenters. The van der Waals surface area contributed by atoms with Gasteiger partial charge in [0.1, 0.15) is 0 Å². The van der Waals surface area contributed by atoms with Gasteiger partial charge in [-0.3, -0.25) is 9.59 Å². The summed E-state index contributed by atoms with van der Waals surface area (Å²) in [5.74, 6) is 0.184. The lowest BCUT2D eigenvalue weighted by Gasteiger charge is -2.35. The second-order valence-corrected chi connectivity index (χ2v) is 6.53. The molecular weight excluding hydrogens is 302 g/mol. The number of amides is 1. The standard InChI is InChI=1S/C16H17NO4S/c1-11-4-5-15(22-11)16(19)17-6-8-20-10-12(17)9-13(18)14-3-2-7-21-14/h2-5,7,12H,6,8-10H2,1H3/t12-/m1/s1. The minimum Gasteiger partial charge on any atom is -0.461 e. The zero-order valence-corrected chi connectivity index (χ0v) is 13.1. The number of aryl methyl sites for hydroxylation is 1. The van der Waals surface area contributed by atoms with E-state index in [0.717, 1.165) is 4.88 Å². The number of hydrogen-bond donors (Lipinski definition) is 0. The molecule has 0 N–H and O–H groups in total. The number of morpholine rings is 1. The van der Waals surface area contributed by atoms with E-state index in [0.29, 0.717) is 30.4 Å². The van der Waals surface area contributed by atoms with Gasteiger partial charge in [0, 0.05) is 17.8 Å². The summed E-state index contributed by atoms with van der Waals surface area (Å²) < 4.78 is 10.6. The Morgan fingerprint density at radius 2 is 2.23 bits per heavy atom. The Kier molecular flexibility index (Phi) is 4.40. The van der Waals surface area contributed by atoms with Crippen LogP contribution in [0.2, 0.25) is 0 Å². The van der Waals surface area contributed by atoms with Crippen molar-refractivity contribution in [3.63, 3.8) is 0 Å². The molecule has 5 nitrogen and oxygen atoms in total. The molecule has 0 saturated carbocycles. The maximum Gasteiger partial charge on any atom is 0.264 e. The van der Waals surface area contributed by atoms with Crippen LogP contribution < -0.4 is 0 Å². The van der Waals surface area contributed by atoms with E-state index in [-0.39, 0.29) is 24.2 Å². The van der Waals surface area contributed by atoms with Gasteiger partial charge in [-0.05, 0) is 31.2 Å². The third kappa shape index (κ3) is 3.13. The molecule has 0 bridgehead atoms. The normalized spacial score (nSPS) is 18.4. The predicted octanol–water partition coefficient (Wildman–Crippen LogP) is 2.76. The van der Waals surface area contributed by atoms with Gasteiger partial charge < -0.3 is 14.1 Å². The smallest absolute Gasteiger partial charge is 0.264 e. The van der Waals surface area contributed by atoms with Crippen LogP contribution in [0.25, 0.3) is 0 Å². The maximum atomic E-state index is 12.6. The van der Waals surface area contributed by atoms with Crippen molar-refractivity contribution in [2.45, 2.75) is 19.4 Å². The lowest BCUT2D eigenvalue weighted by Crippen LogP contribution is -2.49. The van der Waals surface area contributed by atoms with Gasteiger partial charge in [0.15, 0.2) is 11.5 Å². The number of carbonyl (C=O) groups excluding carboxylic acids is 2. The quantitative estimate of drug-likeness (QED) is 0.813. The first-order chi connectivity index (χ1) is 10.6.